The number of nitrogens with two attached hydrogens (primary N) is 1. The fourth-order valence-corrected chi connectivity index (χ4v) is 1.37. The molecule has 0 radical (unpaired) electrons. The second-order valence-corrected chi connectivity index (χ2v) is 4.22. The lowest BCUT2D eigenvalue weighted by Gasteiger charge is -2.14. The molecule has 0 aliphatic carbocycles. The lowest BCUT2D eigenvalue weighted by Crippen LogP contribution is -2.41. The van der Waals surface area contributed by atoms with Crippen LogP contribution in [0.4, 0.5) is 13.2 Å². The number of rotatable bonds is 8. The number of carbonyl (C=O) groups is 1. The first-order valence-corrected chi connectivity index (χ1v) is 6.16. The zero-order valence-corrected chi connectivity index (χ0v) is 10.9. The molecule has 0 unspecified atom stereocenters. The molecule has 4 nitrogen and oxygen atoms in total. The molecule has 1 aromatic rings. The highest BCUT2D eigenvalue weighted by Gasteiger charge is 2.26. The Morgan fingerprint density at radius 3 is 2.70 bits per heavy atom. The summed E-state index contributed by atoms with van der Waals surface area (Å²) in [7, 11) is 0. The number of amides is 1. The number of carbonyl (C=O) groups excluding carboxylic acids is 1. The number of halogens is 3. The first-order chi connectivity index (χ1) is 9.44. The molecule has 1 aromatic carbocycles. The van der Waals surface area contributed by atoms with E-state index in [9.17, 15) is 18.0 Å². The van der Waals surface area contributed by atoms with Gasteiger partial charge in [-0.25, -0.2) is 13.2 Å². The van der Waals surface area contributed by atoms with E-state index in [1.807, 2.05) is 0 Å². The Balaban J connectivity index is 2.18. The van der Waals surface area contributed by atoms with Gasteiger partial charge in [0, 0.05) is 6.42 Å². The molecule has 1 amide bonds. The topological polar surface area (TPSA) is 64.3 Å². The average molecular weight is 290 g/mol. The molecule has 3 N–H and O–H groups in total. The zero-order valence-electron chi connectivity index (χ0n) is 10.9. The van der Waals surface area contributed by atoms with Gasteiger partial charge in [0.2, 0.25) is 5.91 Å². The number of nitrogens with one attached hydrogen (secondary N) is 1. The maximum atomic E-state index is 13.2. The smallest absolute Gasteiger partial charge is 0.277 e. The van der Waals surface area contributed by atoms with E-state index >= 15 is 0 Å². The van der Waals surface area contributed by atoms with Crippen molar-refractivity contribution in [2.24, 2.45) is 5.73 Å². The third-order valence-electron chi connectivity index (χ3n) is 2.49. The number of benzene rings is 1. The Bertz CT molecular complexity index is 441. The van der Waals surface area contributed by atoms with E-state index in [4.69, 9.17) is 10.5 Å². The van der Waals surface area contributed by atoms with Crippen LogP contribution < -0.4 is 15.8 Å². The molecule has 0 aliphatic rings. The molecule has 0 saturated heterocycles. The predicted octanol–water partition coefficient (Wildman–Crippen LogP) is 1.69. The Hall–Kier alpha value is -1.76. The van der Waals surface area contributed by atoms with Crippen LogP contribution in [0.2, 0.25) is 0 Å². The number of hydrogen-bond donors (Lipinski definition) is 2. The molecule has 0 spiro atoms. The van der Waals surface area contributed by atoms with E-state index in [-0.39, 0.29) is 18.8 Å². The van der Waals surface area contributed by atoms with Crippen LogP contribution in [-0.2, 0) is 4.79 Å². The summed E-state index contributed by atoms with van der Waals surface area (Å²) in [6.45, 7) is -1.47. The van der Waals surface area contributed by atoms with Gasteiger partial charge in [-0.1, -0.05) is 12.1 Å². The third kappa shape index (κ3) is 5.92. The van der Waals surface area contributed by atoms with Gasteiger partial charge in [-0.05, 0) is 18.6 Å². The molecular formula is C13H17F3N2O2. The lowest BCUT2D eigenvalue weighted by atomic mass is 10.3. The molecule has 0 bridgehead atoms. The van der Waals surface area contributed by atoms with E-state index in [1.54, 1.807) is 6.07 Å². The Labute approximate surface area is 115 Å². The lowest BCUT2D eigenvalue weighted by molar-refractivity contribution is -0.123. The molecule has 0 aromatic heterocycles. The van der Waals surface area contributed by atoms with Crippen LogP contribution in [-0.4, -0.2) is 31.5 Å². The number of alkyl halides is 2. The van der Waals surface area contributed by atoms with Gasteiger partial charge >= 0.3 is 0 Å². The molecule has 112 valence electrons. The largest absolute Gasteiger partial charge is 0.491 e. The van der Waals surface area contributed by atoms with Crippen LogP contribution in [0.25, 0.3) is 0 Å². The SMILES string of the molecule is NCC(F)(F)CNC(=O)CCCOc1ccccc1F. The minimum atomic E-state index is -3.10. The fourth-order valence-electron chi connectivity index (χ4n) is 1.37. The molecule has 0 aliphatic heterocycles. The number of ether oxygens (including phenoxy) is 1. The molecule has 1 rings (SSSR count). The fraction of sp³-hybridized carbons (Fsp3) is 0.462. The Kier molecular flexibility index (Phi) is 6.30. The van der Waals surface area contributed by atoms with Crippen molar-refractivity contribution in [1.82, 2.24) is 5.32 Å². The average Bonchev–Trinajstić information content (AvgIpc) is 2.43. The standard InChI is InChI=1S/C13H17F3N2O2/c14-10-4-1-2-5-11(10)20-7-3-6-12(19)18-9-13(15,16)8-17/h1-2,4-5H,3,6-9,17H2,(H,18,19). The summed E-state index contributed by atoms with van der Waals surface area (Å²) >= 11 is 0. The normalized spacial score (nSPS) is 11.2. The van der Waals surface area contributed by atoms with E-state index in [0.717, 1.165) is 0 Å². The summed E-state index contributed by atoms with van der Waals surface area (Å²) in [6, 6.07) is 5.89. The van der Waals surface area contributed by atoms with Gasteiger partial charge in [0.1, 0.15) is 0 Å². The Morgan fingerprint density at radius 1 is 1.35 bits per heavy atom. The Morgan fingerprint density at radius 2 is 2.05 bits per heavy atom. The summed E-state index contributed by atoms with van der Waals surface area (Å²) in [4.78, 5) is 11.3. The highest BCUT2D eigenvalue weighted by molar-refractivity contribution is 5.75. The van der Waals surface area contributed by atoms with Gasteiger partial charge in [0.15, 0.2) is 11.6 Å². The van der Waals surface area contributed by atoms with Crippen molar-refractivity contribution in [2.45, 2.75) is 18.8 Å². The van der Waals surface area contributed by atoms with E-state index < -0.39 is 30.7 Å². The first kappa shape index (κ1) is 16.3. The molecule has 0 saturated carbocycles. The number of para-hydroxylation sites is 1. The zero-order chi connectivity index (χ0) is 15.0. The van der Waals surface area contributed by atoms with Crippen molar-refractivity contribution < 1.29 is 22.7 Å². The summed E-state index contributed by atoms with van der Waals surface area (Å²) in [6.07, 6.45) is 0.323. The summed E-state index contributed by atoms with van der Waals surface area (Å²) in [5.74, 6) is -4.00. The van der Waals surface area contributed by atoms with Crippen molar-refractivity contribution in [3.8, 4) is 5.75 Å². The van der Waals surface area contributed by atoms with Crippen molar-refractivity contribution in [2.75, 3.05) is 19.7 Å². The highest BCUT2D eigenvalue weighted by atomic mass is 19.3. The number of hydrogen-bond acceptors (Lipinski definition) is 3. The van der Waals surface area contributed by atoms with Gasteiger partial charge in [0.05, 0.1) is 19.7 Å². The van der Waals surface area contributed by atoms with Crippen LogP contribution >= 0.6 is 0 Å². The van der Waals surface area contributed by atoms with Crippen LogP contribution in [0.3, 0.4) is 0 Å². The molecule has 0 atom stereocenters. The minimum absolute atomic E-state index is 0.0229. The van der Waals surface area contributed by atoms with Crippen LogP contribution in [0.5, 0.6) is 5.75 Å². The van der Waals surface area contributed by atoms with Crippen LogP contribution in [0, 0.1) is 5.82 Å². The van der Waals surface area contributed by atoms with Crippen molar-refractivity contribution >= 4 is 5.91 Å². The first-order valence-electron chi connectivity index (χ1n) is 6.16. The van der Waals surface area contributed by atoms with Gasteiger partial charge in [-0.3, -0.25) is 4.79 Å². The van der Waals surface area contributed by atoms with Crippen molar-refractivity contribution in [3.05, 3.63) is 30.1 Å². The van der Waals surface area contributed by atoms with E-state index in [0.29, 0.717) is 6.42 Å². The van der Waals surface area contributed by atoms with Gasteiger partial charge in [-0.2, -0.15) is 0 Å². The molecule has 20 heavy (non-hydrogen) atoms. The summed E-state index contributed by atoms with van der Waals surface area (Å²) < 4.78 is 43.8. The van der Waals surface area contributed by atoms with E-state index in [1.165, 1.54) is 18.2 Å². The molecular weight excluding hydrogens is 273 g/mol. The molecule has 0 heterocycles. The van der Waals surface area contributed by atoms with Gasteiger partial charge < -0.3 is 15.8 Å². The third-order valence-corrected chi connectivity index (χ3v) is 2.49. The molecule has 0 fully saturated rings. The summed E-state index contributed by atoms with van der Waals surface area (Å²) in [5, 5.41) is 2.09. The second-order valence-electron chi connectivity index (χ2n) is 4.22. The van der Waals surface area contributed by atoms with E-state index in [2.05, 4.69) is 5.32 Å². The summed E-state index contributed by atoms with van der Waals surface area (Å²) in [5.41, 5.74) is 4.84. The van der Waals surface area contributed by atoms with Gasteiger partial charge in [-0.15, -0.1) is 0 Å². The second kappa shape index (κ2) is 7.74. The maximum Gasteiger partial charge on any atom is 0.277 e. The van der Waals surface area contributed by atoms with Crippen molar-refractivity contribution in [3.63, 3.8) is 0 Å². The van der Waals surface area contributed by atoms with Gasteiger partial charge in [0.25, 0.3) is 5.92 Å². The van der Waals surface area contributed by atoms with Crippen LogP contribution in [0.1, 0.15) is 12.8 Å². The molecule has 7 heteroatoms. The maximum absolute atomic E-state index is 13.2. The van der Waals surface area contributed by atoms with Crippen LogP contribution in [0.15, 0.2) is 24.3 Å². The monoisotopic (exact) mass is 290 g/mol. The minimum Gasteiger partial charge on any atom is -0.491 e. The predicted molar refractivity (Wildman–Crippen MR) is 68.1 cm³/mol. The quantitative estimate of drug-likeness (QED) is 0.716. The highest BCUT2D eigenvalue weighted by Crippen LogP contribution is 2.15. The van der Waals surface area contributed by atoms with Crippen molar-refractivity contribution in [1.29, 1.82) is 0 Å².